The van der Waals surface area contributed by atoms with Gasteiger partial charge in [-0.3, -0.25) is 4.79 Å². The van der Waals surface area contributed by atoms with Gasteiger partial charge in [0.05, 0.1) is 13.2 Å². The molecule has 0 aromatic heterocycles. The second-order valence-electron chi connectivity index (χ2n) is 4.79. The molecule has 0 amide bonds. The number of Topliss-reactive ketones (excluding diaryl/α,β-unsaturated/α-hetero) is 1. The Bertz CT molecular complexity index is 310. The summed E-state index contributed by atoms with van der Waals surface area (Å²) in [6, 6.07) is 0.0318. The number of ketones is 1. The maximum atomic E-state index is 11.7. The third-order valence-electron chi connectivity index (χ3n) is 3.18. The Morgan fingerprint density at radius 3 is 2.74 bits per heavy atom. The van der Waals surface area contributed by atoms with Gasteiger partial charge in [-0.2, -0.15) is 0 Å². The fourth-order valence-electron chi connectivity index (χ4n) is 2.18. The summed E-state index contributed by atoms with van der Waals surface area (Å²) in [5.41, 5.74) is 8.44. The Morgan fingerprint density at radius 1 is 1.37 bits per heavy atom. The third-order valence-corrected chi connectivity index (χ3v) is 3.18. The topological polar surface area (TPSA) is 84.3 Å². The van der Waals surface area contributed by atoms with Crippen LogP contribution < -0.4 is 0 Å². The number of ether oxygens (including phenoxy) is 2. The summed E-state index contributed by atoms with van der Waals surface area (Å²) in [6.45, 7) is 3.32. The van der Waals surface area contributed by atoms with Crippen molar-refractivity contribution in [2.24, 2.45) is 5.11 Å². The van der Waals surface area contributed by atoms with Gasteiger partial charge >= 0.3 is 0 Å². The van der Waals surface area contributed by atoms with Crippen molar-refractivity contribution in [2.75, 3.05) is 13.2 Å². The first kappa shape index (κ1) is 16.0. The van der Waals surface area contributed by atoms with Crippen molar-refractivity contribution < 1.29 is 14.3 Å². The summed E-state index contributed by atoms with van der Waals surface area (Å²) in [7, 11) is 0. The zero-order chi connectivity index (χ0) is 13.9. The van der Waals surface area contributed by atoms with E-state index in [1.165, 1.54) is 0 Å². The average Bonchev–Trinajstić information content (AvgIpc) is 2.90. The highest BCUT2D eigenvalue weighted by Gasteiger charge is 2.17. The van der Waals surface area contributed by atoms with Crippen molar-refractivity contribution in [2.45, 2.75) is 64.2 Å². The highest BCUT2D eigenvalue weighted by Crippen LogP contribution is 2.14. The van der Waals surface area contributed by atoms with Crippen molar-refractivity contribution in [3.63, 3.8) is 0 Å². The monoisotopic (exact) mass is 269 g/mol. The van der Waals surface area contributed by atoms with Crippen LogP contribution in [0.2, 0.25) is 0 Å². The summed E-state index contributed by atoms with van der Waals surface area (Å²) in [6.07, 6.45) is 4.97. The van der Waals surface area contributed by atoms with E-state index < -0.39 is 0 Å². The van der Waals surface area contributed by atoms with Crippen LogP contribution in [-0.4, -0.2) is 31.3 Å². The minimum Gasteiger partial charge on any atom is -0.350 e. The fourth-order valence-corrected chi connectivity index (χ4v) is 2.18. The summed E-state index contributed by atoms with van der Waals surface area (Å²) >= 11 is 0. The largest absolute Gasteiger partial charge is 0.350 e. The molecule has 1 aliphatic heterocycles. The van der Waals surface area contributed by atoms with Crippen LogP contribution in [0.25, 0.3) is 10.4 Å². The average molecular weight is 269 g/mol. The lowest BCUT2D eigenvalue weighted by Gasteiger charge is -2.10. The van der Waals surface area contributed by atoms with Gasteiger partial charge in [0, 0.05) is 30.2 Å². The molecule has 0 aromatic rings. The zero-order valence-corrected chi connectivity index (χ0v) is 11.6. The number of rotatable bonds is 10. The van der Waals surface area contributed by atoms with Gasteiger partial charge in [0.2, 0.25) is 0 Å². The molecule has 1 atom stereocenters. The van der Waals surface area contributed by atoms with E-state index in [-0.39, 0.29) is 18.1 Å². The predicted octanol–water partition coefficient (Wildman–Crippen LogP) is 3.36. The van der Waals surface area contributed by atoms with Gasteiger partial charge in [-0.05, 0) is 24.8 Å². The summed E-state index contributed by atoms with van der Waals surface area (Å²) in [5, 5.41) is 3.75. The van der Waals surface area contributed by atoms with Crippen LogP contribution in [0.5, 0.6) is 0 Å². The molecule has 1 rings (SSSR count). The number of hydrogen-bond donors (Lipinski definition) is 0. The van der Waals surface area contributed by atoms with Crippen molar-refractivity contribution in [1.82, 2.24) is 0 Å². The SMILES string of the molecule is CCC[C@H](CCCC(=O)CCC1OCCO1)N=[N+]=[N-]. The van der Waals surface area contributed by atoms with Gasteiger partial charge in [0.1, 0.15) is 5.78 Å². The van der Waals surface area contributed by atoms with Crippen LogP contribution in [0.4, 0.5) is 0 Å². The van der Waals surface area contributed by atoms with Crippen molar-refractivity contribution in [1.29, 1.82) is 0 Å². The quantitative estimate of drug-likeness (QED) is 0.346. The van der Waals surface area contributed by atoms with E-state index in [1.807, 2.05) is 0 Å². The Labute approximate surface area is 114 Å². The molecule has 0 radical (unpaired) electrons. The summed E-state index contributed by atoms with van der Waals surface area (Å²) in [4.78, 5) is 14.5. The van der Waals surface area contributed by atoms with Crippen LogP contribution in [0, 0.1) is 0 Å². The molecule has 1 saturated heterocycles. The minimum atomic E-state index is -0.194. The molecule has 0 aromatic carbocycles. The molecule has 6 heteroatoms. The number of carbonyl (C=O) groups excluding carboxylic acids is 1. The van der Waals surface area contributed by atoms with Crippen LogP contribution in [0.3, 0.4) is 0 Å². The molecule has 0 unspecified atom stereocenters. The highest BCUT2D eigenvalue weighted by atomic mass is 16.7. The normalized spacial score (nSPS) is 17.1. The van der Waals surface area contributed by atoms with Crippen molar-refractivity contribution >= 4 is 5.78 Å². The summed E-state index contributed by atoms with van der Waals surface area (Å²) < 4.78 is 10.6. The Morgan fingerprint density at radius 2 is 2.11 bits per heavy atom. The molecular formula is C13H23N3O3. The standard InChI is InChI=1S/C13H23N3O3/c1-2-4-11(15-16-14)5-3-6-12(17)7-8-13-18-9-10-19-13/h11,13H,2-10H2,1H3/t11-/m1/s1. The summed E-state index contributed by atoms with van der Waals surface area (Å²) in [5.74, 6) is 0.232. The first-order valence-corrected chi connectivity index (χ1v) is 7.05. The van der Waals surface area contributed by atoms with Gasteiger partial charge in [-0.1, -0.05) is 18.5 Å². The number of azide groups is 1. The van der Waals surface area contributed by atoms with E-state index in [4.69, 9.17) is 15.0 Å². The van der Waals surface area contributed by atoms with Crippen molar-refractivity contribution in [3.05, 3.63) is 10.4 Å². The van der Waals surface area contributed by atoms with Gasteiger partial charge in [-0.15, -0.1) is 0 Å². The van der Waals surface area contributed by atoms with Gasteiger partial charge in [-0.25, -0.2) is 0 Å². The minimum absolute atomic E-state index is 0.0318. The van der Waals surface area contributed by atoms with Crippen LogP contribution >= 0.6 is 0 Å². The van der Waals surface area contributed by atoms with E-state index in [0.29, 0.717) is 32.5 Å². The lowest BCUT2D eigenvalue weighted by Crippen LogP contribution is -2.11. The molecule has 1 heterocycles. The van der Waals surface area contributed by atoms with Crippen molar-refractivity contribution in [3.8, 4) is 0 Å². The first-order chi connectivity index (χ1) is 9.26. The smallest absolute Gasteiger partial charge is 0.158 e. The van der Waals surface area contributed by atoms with Crippen LogP contribution in [0.15, 0.2) is 5.11 Å². The molecule has 1 aliphatic rings. The molecule has 0 spiro atoms. The second kappa shape index (κ2) is 9.78. The van der Waals surface area contributed by atoms with E-state index in [9.17, 15) is 4.79 Å². The number of hydrogen-bond acceptors (Lipinski definition) is 4. The highest BCUT2D eigenvalue weighted by molar-refractivity contribution is 5.78. The van der Waals surface area contributed by atoms with E-state index in [1.54, 1.807) is 0 Å². The van der Waals surface area contributed by atoms with Crippen LogP contribution in [-0.2, 0) is 14.3 Å². The van der Waals surface area contributed by atoms with E-state index >= 15 is 0 Å². The lowest BCUT2D eigenvalue weighted by atomic mass is 10.0. The Balaban J connectivity index is 2.09. The maximum absolute atomic E-state index is 11.7. The fraction of sp³-hybridized carbons (Fsp3) is 0.923. The zero-order valence-electron chi connectivity index (χ0n) is 11.6. The Hall–Kier alpha value is -1.10. The van der Waals surface area contributed by atoms with E-state index in [2.05, 4.69) is 16.9 Å². The molecular weight excluding hydrogens is 246 g/mol. The first-order valence-electron chi connectivity index (χ1n) is 7.05. The molecule has 6 nitrogen and oxygen atoms in total. The molecule has 108 valence electrons. The van der Waals surface area contributed by atoms with E-state index in [0.717, 1.165) is 25.7 Å². The van der Waals surface area contributed by atoms with Gasteiger partial charge in [0.25, 0.3) is 0 Å². The number of nitrogens with zero attached hydrogens (tertiary/aromatic N) is 3. The molecule has 19 heavy (non-hydrogen) atoms. The molecule has 0 bridgehead atoms. The number of carbonyl (C=O) groups is 1. The molecule has 0 saturated carbocycles. The second-order valence-corrected chi connectivity index (χ2v) is 4.79. The predicted molar refractivity (Wildman–Crippen MR) is 71.6 cm³/mol. The van der Waals surface area contributed by atoms with Gasteiger partial charge in [0.15, 0.2) is 6.29 Å². The van der Waals surface area contributed by atoms with Crippen LogP contribution in [0.1, 0.15) is 51.9 Å². The lowest BCUT2D eigenvalue weighted by molar-refractivity contribution is -0.121. The van der Waals surface area contributed by atoms with Gasteiger partial charge < -0.3 is 9.47 Å². The third kappa shape index (κ3) is 7.15. The Kier molecular flexibility index (Phi) is 8.21. The molecule has 0 N–H and O–H groups in total. The molecule has 0 aliphatic carbocycles. The maximum Gasteiger partial charge on any atom is 0.158 e. The molecule has 1 fully saturated rings.